The summed E-state index contributed by atoms with van der Waals surface area (Å²) in [5.41, 5.74) is 2.20. The van der Waals surface area contributed by atoms with Crippen molar-refractivity contribution in [1.29, 1.82) is 0 Å². The van der Waals surface area contributed by atoms with Gasteiger partial charge in [0.1, 0.15) is 11.8 Å². The predicted octanol–water partition coefficient (Wildman–Crippen LogP) is 3.33. The maximum absolute atomic E-state index is 13.0. The highest BCUT2D eigenvalue weighted by Gasteiger charge is 2.36. The molecule has 3 aromatic rings. The zero-order valence-corrected chi connectivity index (χ0v) is 16.6. The van der Waals surface area contributed by atoms with Gasteiger partial charge in [-0.05, 0) is 26.0 Å². The number of amides is 1. The van der Waals surface area contributed by atoms with Crippen LogP contribution in [0, 0.1) is 0 Å². The first-order valence-corrected chi connectivity index (χ1v) is 10.0. The van der Waals surface area contributed by atoms with E-state index >= 15 is 0 Å². The van der Waals surface area contributed by atoms with Gasteiger partial charge in [0.15, 0.2) is 4.96 Å². The molecule has 2 aromatic heterocycles. The van der Waals surface area contributed by atoms with Crippen molar-refractivity contribution in [3.63, 3.8) is 0 Å². The second-order valence-electron chi connectivity index (χ2n) is 6.91. The fourth-order valence-electron chi connectivity index (χ4n) is 3.29. The third-order valence-electron chi connectivity index (χ3n) is 4.52. The highest BCUT2D eigenvalue weighted by Crippen LogP contribution is 2.27. The third-order valence-corrected chi connectivity index (χ3v) is 5.59. The number of thiazole rings is 1. The Balaban J connectivity index is 1.60. The molecule has 0 radical (unpaired) electrons. The molecule has 4 rings (SSSR count). The number of aliphatic hydroxyl groups is 1. The molecule has 0 spiro atoms. The van der Waals surface area contributed by atoms with Gasteiger partial charge in [-0.15, -0.1) is 11.3 Å². The minimum absolute atomic E-state index is 0.00135. The maximum Gasteiger partial charge on any atom is 0.271 e. The van der Waals surface area contributed by atoms with Crippen LogP contribution in [0.1, 0.15) is 24.3 Å². The fourth-order valence-corrected chi connectivity index (χ4v) is 4.33. The van der Waals surface area contributed by atoms with Gasteiger partial charge in [0.25, 0.3) is 5.91 Å². The van der Waals surface area contributed by atoms with E-state index in [1.165, 1.54) is 11.3 Å². The molecule has 1 fully saturated rings. The summed E-state index contributed by atoms with van der Waals surface area (Å²) in [6.07, 6.45) is 0.823. The van der Waals surface area contributed by atoms with Crippen molar-refractivity contribution in [3.05, 3.63) is 46.6 Å². The van der Waals surface area contributed by atoms with E-state index in [0.717, 1.165) is 16.2 Å². The van der Waals surface area contributed by atoms with E-state index in [-0.39, 0.29) is 24.7 Å². The number of imidazole rings is 1. The first kappa shape index (κ1) is 18.4. The highest BCUT2D eigenvalue weighted by molar-refractivity contribution is 7.15. The van der Waals surface area contributed by atoms with Crippen molar-refractivity contribution in [3.8, 4) is 11.3 Å². The van der Waals surface area contributed by atoms with Crippen molar-refractivity contribution in [1.82, 2.24) is 14.3 Å². The lowest BCUT2D eigenvalue weighted by Crippen LogP contribution is -2.31. The molecule has 0 unspecified atom stereocenters. The monoisotopic (exact) mass is 405 g/mol. The zero-order valence-electron chi connectivity index (χ0n) is 15.0. The molecule has 6 nitrogen and oxygen atoms in total. The largest absolute Gasteiger partial charge is 0.388 e. The minimum Gasteiger partial charge on any atom is -0.388 e. The number of carbonyl (C=O) groups excluding carboxylic acids is 1. The molecule has 0 bridgehead atoms. The number of ether oxygens (including phenoxy) is 1. The summed E-state index contributed by atoms with van der Waals surface area (Å²) in [7, 11) is 0. The van der Waals surface area contributed by atoms with Crippen LogP contribution in [0.2, 0.25) is 5.02 Å². The second-order valence-corrected chi connectivity index (χ2v) is 8.18. The van der Waals surface area contributed by atoms with Crippen LogP contribution in [0.4, 0.5) is 0 Å². The van der Waals surface area contributed by atoms with Crippen LogP contribution in [0.5, 0.6) is 0 Å². The molecule has 1 aliphatic heterocycles. The Hall–Kier alpha value is -1.93. The predicted molar refractivity (Wildman–Crippen MR) is 105 cm³/mol. The van der Waals surface area contributed by atoms with Crippen LogP contribution < -0.4 is 0 Å². The Bertz CT molecular complexity index is 984. The van der Waals surface area contributed by atoms with Gasteiger partial charge >= 0.3 is 0 Å². The molecular formula is C19H20ClN3O3S. The van der Waals surface area contributed by atoms with Crippen molar-refractivity contribution in [2.75, 3.05) is 13.1 Å². The van der Waals surface area contributed by atoms with Crippen LogP contribution in [-0.2, 0) is 4.74 Å². The average Bonchev–Trinajstić information content (AvgIpc) is 3.28. The minimum atomic E-state index is -0.671. The average molecular weight is 406 g/mol. The van der Waals surface area contributed by atoms with Crippen LogP contribution >= 0.6 is 22.9 Å². The summed E-state index contributed by atoms with van der Waals surface area (Å²) in [6.45, 7) is 4.49. The third kappa shape index (κ3) is 3.60. The zero-order chi connectivity index (χ0) is 19.1. The van der Waals surface area contributed by atoms with Gasteiger partial charge in [0.2, 0.25) is 0 Å². The summed E-state index contributed by atoms with van der Waals surface area (Å²) in [6, 6.07) is 7.47. The standard InChI is InChI=1S/C19H20ClN3O3S/c1-11(2)26-17-9-22(8-16(17)24)18(25)15-10-27-19-21-14(7-23(15)19)12-4-3-5-13(20)6-12/h3-7,10-11,16-17,24H,8-9H2,1-2H3/t16-,17-/m0/s1. The summed E-state index contributed by atoms with van der Waals surface area (Å²) >= 11 is 7.48. The van der Waals surface area contributed by atoms with E-state index in [9.17, 15) is 9.90 Å². The number of fused-ring (bicyclic) bond motifs is 1. The van der Waals surface area contributed by atoms with Crippen LogP contribution in [0.25, 0.3) is 16.2 Å². The fraction of sp³-hybridized carbons (Fsp3) is 0.368. The molecule has 1 saturated heterocycles. The number of β-amino-alcohol motifs (C(OH)–C–C–N with tert-alkyl or cyclic N) is 1. The van der Waals surface area contributed by atoms with Gasteiger partial charge in [-0.2, -0.15) is 0 Å². The van der Waals surface area contributed by atoms with E-state index in [0.29, 0.717) is 17.3 Å². The lowest BCUT2D eigenvalue weighted by Gasteiger charge is -2.18. The lowest BCUT2D eigenvalue weighted by atomic mass is 10.2. The molecule has 1 aliphatic rings. The number of rotatable bonds is 4. The number of aliphatic hydroxyl groups excluding tert-OH is 1. The molecule has 142 valence electrons. The molecule has 0 saturated carbocycles. The molecule has 27 heavy (non-hydrogen) atoms. The van der Waals surface area contributed by atoms with Crippen molar-refractivity contribution in [2.24, 2.45) is 0 Å². The number of hydrogen-bond donors (Lipinski definition) is 1. The Morgan fingerprint density at radius 2 is 2.22 bits per heavy atom. The number of likely N-dealkylation sites (tertiary alicyclic amines) is 1. The first-order chi connectivity index (χ1) is 12.9. The van der Waals surface area contributed by atoms with Gasteiger partial charge in [-0.25, -0.2) is 4.98 Å². The second kappa shape index (κ2) is 7.24. The summed E-state index contributed by atoms with van der Waals surface area (Å²) in [5, 5.41) is 12.6. The maximum atomic E-state index is 13.0. The van der Waals surface area contributed by atoms with Gasteiger partial charge in [0.05, 0.1) is 17.9 Å². The summed E-state index contributed by atoms with van der Waals surface area (Å²) < 4.78 is 7.51. The van der Waals surface area contributed by atoms with Gasteiger partial charge in [-0.1, -0.05) is 23.7 Å². The molecular weight excluding hydrogens is 386 g/mol. The van der Waals surface area contributed by atoms with Crippen molar-refractivity contribution >= 4 is 33.8 Å². The number of aromatic nitrogens is 2. The molecule has 8 heteroatoms. The van der Waals surface area contributed by atoms with Crippen LogP contribution in [-0.4, -0.2) is 56.7 Å². The number of nitrogens with zero attached hydrogens (tertiary/aromatic N) is 3. The van der Waals surface area contributed by atoms with E-state index < -0.39 is 6.10 Å². The number of carbonyl (C=O) groups is 1. The number of halogens is 1. The molecule has 1 amide bonds. The Morgan fingerprint density at radius 3 is 2.96 bits per heavy atom. The highest BCUT2D eigenvalue weighted by atomic mass is 35.5. The van der Waals surface area contributed by atoms with E-state index in [2.05, 4.69) is 4.98 Å². The number of benzene rings is 1. The SMILES string of the molecule is CC(C)O[C@H]1CN(C(=O)c2csc3nc(-c4cccc(Cl)c4)cn23)C[C@@H]1O. The molecule has 1 N–H and O–H groups in total. The van der Waals surface area contributed by atoms with Crippen molar-refractivity contribution in [2.45, 2.75) is 32.2 Å². The molecule has 1 aromatic carbocycles. The quantitative estimate of drug-likeness (QED) is 0.723. The van der Waals surface area contributed by atoms with E-state index in [1.807, 2.05) is 44.3 Å². The molecule has 3 heterocycles. The Labute approximate surface area is 166 Å². The number of hydrogen-bond acceptors (Lipinski definition) is 5. The van der Waals surface area contributed by atoms with E-state index in [4.69, 9.17) is 16.3 Å². The summed E-state index contributed by atoms with van der Waals surface area (Å²) in [5.74, 6) is -0.134. The normalized spacial score (nSPS) is 20.1. The van der Waals surface area contributed by atoms with Gasteiger partial charge in [0, 0.05) is 35.3 Å². The Kier molecular flexibility index (Phi) is 4.94. The van der Waals surface area contributed by atoms with Crippen LogP contribution in [0.3, 0.4) is 0 Å². The lowest BCUT2D eigenvalue weighted by molar-refractivity contribution is -0.0394. The summed E-state index contributed by atoms with van der Waals surface area (Å²) in [4.78, 5) is 20.0. The molecule has 2 atom stereocenters. The smallest absolute Gasteiger partial charge is 0.271 e. The van der Waals surface area contributed by atoms with Crippen LogP contribution in [0.15, 0.2) is 35.8 Å². The van der Waals surface area contributed by atoms with Crippen molar-refractivity contribution < 1.29 is 14.6 Å². The van der Waals surface area contributed by atoms with Gasteiger partial charge < -0.3 is 14.7 Å². The van der Waals surface area contributed by atoms with E-state index in [1.54, 1.807) is 14.7 Å². The topological polar surface area (TPSA) is 67.1 Å². The molecule has 0 aliphatic carbocycles. The first-order valence-electron chi connectivity index (χ1n) is 8.77. The van der Waals surface area contributed by atoms with Gasteiger partial charge in [-0.3, -0.25) is 9.20 Å². The Morgan fingerprint density at radius 1 is 1.41 bits per heavy atom.